The van der Waals surface area contributed by atoms with E-state index >= 15 is 0 Å². The summed E-state index contributed by atoms with van der Waals surface area (Å²) in [5.74, 6) is 0.575. The van der Waals surface area contributed by atoms with Crippen LogP contribution in [0, 0.1) is 11.3 Å². The van der Waals surface area contributed by atoms with E-state index in [1.807, 2.05) is 54.6 Å². The van der Waals surface area contributed by atoms with Crippen molar-refractivity contribution in [1.29, 1.82) is 5.26 Å². The Hall–Kier alpha value is -3.59. The van der Waals surface area contributed by atoms with Crippen molar-refractivity contribution >= 4 is 45.0 Å². The Morgan fingerprint density at radius 2 is 1.61 bits per heavy atom. The minimum Gasteiger partial charge on any atom is -0.472 e. The molecule has 0 amide bonds. The maximum atomic E-state index is 9.19. The summed E-state index contributed by atoms with van der Waals surface area (Å²) >= 11 is 12.1. The van der Waals surface area contributed by atoms with Gasteiger partial charge in [0.15, 0.2) is 0 Å². The van der Waals surface area contributed by atoms with E-state index in [0.717, 1.165) is 27.5 Å². The lowest BCUT2D eigenvalue weighted by atomic mass is 10.1. The molecule has 2 aromatic heterocycles. The predicted molar refractivity (Wildman–Crippen MR) is 122 cm³/mol. The number of rotatable bonds is 4. The fraction of sp³-hybridized carbons (Fsp3) is 0.0417. The van der Waals surface area contributed by atoms with Crippen LogP contribution in [-0.2, 0) is 6.61 Å². The molecule has 0 aliphatic carbocycles. The van der Waals surface area contributed by atoms with Crippen molar-refractivity contribution in [2.75, 3.05) is 0 Å². The highest BCUT2D eigenvalue weighted by Gasteiger charge is 2.18. The zero-order valence-electron chi connectivity index (χ0n) is 16.1. The summed E-state index contributed by atoms with van der Waals surface area (Å²) in [6.07, 6.45) is 1.73. The van der Waals surface area contributed by atoms with Crippen LogP contribution in [0.5, 0.6) is 5.88 Å². The molecular weight excluding hydrogens is 431 g/mol. The largest absolute Gasteiger partial charge is 0.472 e. The standard InChI is InChI=1S/C24H14Cl2N4O/c25-17-4-1-15(2-5-17)14-31-24-21-13-28-22-11-16(12-27)3-10-20(22)23(21)29-30(24)19-8-6-18(26)7-9-19/h1-11,13H,14H2. The van der Waals surface area contributed by atoms with Gasteiger partial charge in [-0.3, -0.25) is 4.98 Å². The number of pyridine rings is 1. The van der Waals surface area contributed by atoms with Crippen molar-refractivity contribution in [2.45, 2.75) is 6.61 Å². The van der Waals surface area contributed by atoms with Crippen LogP contribution < -0.4 is 4.74 Å². The Balaban J connectivity index is 1.67. The third kappa shape index (κ3) is 3.68. The molecule has 150 valence electrons. The maximum Gasteiger partial charge on any atom is 0.226 e. The highest BCUT2D eigenvalue weighted by atomic mass is 35.5. The normalized spacial score (nSPS) is 11.0. The second kappa shape index (κ2) is 7.92. The summed E-state index contributed by atoms with van der Waals surface area (Å²) < 4.78 is 7.97. The van der Waals surface area contributed by atoms with Crippen LogP contribution in [0.4, 0.5) is 0 Å². The predicted octanol–water partition coefficient (Wildman–Crippen LogP) is 6.33. The molecule has 2 heterocycles. The summed E-state index contributed by atoms with van der Waals surface area (Å²) in [7, 11) is 0. The minimum atomic E-state index is 0.344. The molecule has 0 aliphatic heterocycles. The van der Waals surface area contributed by atoms with Crippen molar-refractivity contribution in [3.05, 3.63) is 94.1 Å². The molecule has 0 N–H and O–H groups in total. The van der Waals surface area contributed by atoms with Gasteiger partial charge in [0.1, 0.15) is 12.1 Å². The van der Waals surface area contributed by atoms with Gasteiger partial charge in [0.25, 0.3) is 0 Å². The first kappa shape index (κ1) is 19.4. The van der Waals surface area contributed by atoms with Gasteiger partial charge in [0, 0.05) is 21.6 Å². The Morgan fingerprint density at radius 1 is 0.903 bits per heavy atom. The van der Waals surface area contributed by atoms with Gasteiger partial charge in [-0.15, -0.1) is 0 Å². The zero-order chi connectivity index (χ0) is 21.4. The van der Waals surface area contributed by atoms with E-state index in [2.05, 4.69) is 11.1 Å². The van der Waals surface area contributed by atoms with Crippen molar-refractivity contribution in [3.8, 4) is 17.6 Å². The van der Waals surface area contributed by atoms with Gasteiger partial charge in [-0.2, -0.15) is 15.0 Å². The lowest BCUT2D eigenvalue weighted by molar-refractivity contribution is 0.288. The van der Waals surface area contributed by atoms with Crippen molar-refractivity contribution in [2.24, 2.45) is 0 Å². The molecule has 0 saturated heterocycles. The zero-order valence-corrected chi connectivity index (χ0v) is 17.6. The van der Waals surface area contributed by atoms with E-state index in [-0.39, 0.29) is 0 Å². The molecule has 5 aromatic rings. The molecule has 0 spiro atoms. The monoisotopic (exact) mass is 444 g/mol. The number of nitriles is 1. The van der Waals surface area contributed by atoms with Crippen LogP contribution in [0.25, 0.3) is 27.5 Å². The highest BCUT2D eigenvalue weighted by molar-refractivity contribution is 6.30. The molecule has 0 radical (unpaired) electrons. The van der Waals surface area contributed by atoms with Gasteiger partial charge >= 0.3 is 0 Å². The van der Waals surface area contributed by atoms with Crippen LogP contribution >= 0.6 is 23.2 Å². The van der Waals surface area contributed by atoms with E-state index in [4.69, 9.17) is 33.0 Å². The quantitative estimate of drug-likeness (QED) is 0.324. The van der Waals surface area contributed by atoms with Crippen LogP contribution in [-0.4, -0.2) is 14.8 Å². The molecule has 31 heavy (non-hydrogen) atoms. The van der Waals surface area contributed by atoms with Gasteiger partial charge in [0.05, 0.1) is 28.2 Å². The van der Waals surface area contributed by atoms with Crippen LogP contribution in [0.1, 0.15) is 11.1 Å². The van der Waals surface area contributed by atoms with Gasteiger partial charge in [-0.25, -0.2) is 0 Å². The van der Waals surface area contributed by atoms with Crippen LogP contribution in [0.15, 0.2) is 72.9 Å². The average Bonchev–Trinajstić information content (AvgIpc) is 3.17. The van der Waals surface area contributed by atoms with Gasteiger partial charge in [-0.1, -0.05) is 35.3 Å². The topological polar surface area (TPSA) is 63.7 Å². The molecule has 0 unspecified atom stereocenters. The lowest BCUT2D eigenvalue weighted by Gasteiger charge is -2.10. The third-order valence-electron chi connectivity index (χ3n) is 4.95. The van der Waals surface area contributed by atoms with E-state index in [0.29, 0.717) is 33.6 Å². The molecular formula is C24H14Cl2N4O. The number of aromatic nitrogens is 3. The van der Waals surface area contributed by atoms with E-state index in [9.17, 15) is 5.26 Å². The average molecular weight is 445 g/mol. The molecule has 5 rings (SSSR count). The summed E-state index contributed by atoms with van der Waals surface area (Å²) in [6.45, 7) is 0.344. The number of hydrogen-bond donors (Lipinski definition) is 0. The van der Waals surface area contributed by atoms with Gasteiger partial charge < -0.3 is 4.74 Å². The maximum absolute atomic E-state index is 9.19. The second-order valence-electron chi connectivity index (χ2n) is 6.97. The molecule has 7 heteroatoms. The smallest absolute Gasteiger partial charge is 0.226 e. The third-order valence-corrected chi connectivity index (χ3v) is 5.46. The first-order chi connectivity index (χ1) is 15.1. The molecule has 0 saturated carbocycles. The van der Waals surface area contributed by atoms with E-state index in [1.165, 1.54) is 0 Å². The molecule has 0 fully saturated rings. The minimum absolute atomic E-state index is 0.344. The fourth-order valence-corrected chi connectivity index (χ4v) is 3.65. The summed E-state index contributed by atoms with van der Waals surface area (Å²) in [5, 5.41) is 17.0. The number of ether oxygens (including phenoxy) is 1. The highest BCUT2D eigenvalue weighted by Crippen LogP contribution is 2.33. The first-order valence-electron chi connectivity index (χ1n) is 9.47. The number of hydrogen-bond acceptors (Lipinski definition) is 4. The fourth-order valence-electron chi connectivity index (χ4n) is 3.40. The van der Waals surface area contributed by atoms with Crippen molar-refractivity contribution in [1.82, 2.24) is 14.8 Å². The Kier molecular flexibility index (Phi) is 4.95. The molecule has 3 aromatic carbocycles. The number of nitrogens with zero attached hydrogens (tertiary/aromatic N) is 4. The number of halogens is 2. The molecule has 0 bridgehead atoms. The summed E-state index contributed by atoms with van der Waals surface area (Å²) in [4.78, 5) is 4.54. The van der Waals surface area contributed by atoms with Crippen LogP contribution in [0.2, 0.25) is 10.0 Å². The number of fused-ring (bicyclic) bond motifs is 3. The Bertz CT molecular complexity index is 1450. The Labute approximate surface area is 188 Å². The summed E-state index contributed by atoms with van der Waals surface area (Å²) in [5.41, 5.74) is 3.80. The van der Waals surface area contributed by atoms with Crippen LogP contribution in [0.3, 0.4) is 0 Å². The van der Waals surface area contributed by atoms with Gasteiger partial charge in [0.2, 0.25) is 5.88 Å². The SMILES string of the molecule is N#Cc1ccc2c(c1)ncc1c(OCc3ccc(Cl)cc3)n(-c3ccc(Cl)cc3)nc12. The van der Waals surface area contributed by atoms with E-state index < -0.39 is 0 Å². The van der Waals surface area contributed by atoms with Crippen molar-refractivity contribution < 1.29 is 4.74 Å². The van der Waals surface area contributed by atoms with E-state index in [1.54, 1.807) is 23.0 Å². The lowest BCUT2D eigenvalue weighted by Crippen LogP contribution is -2.03. The first-order valence-corrected chi connectivity index (χ1v) is 10.2. The number of benzene rings is 3. The molecule has 0 aliphatic rings. The second-order valence-corrected chi connectivity index (χ2v) is 7.85. The molecule has 5 nitrogen and oxygen atoms in total. The Morgan fingerprint density at radius 3 is 2.32 bits per heavy atom. The van der Waals surface area contributed by atoms with Crippen molar-refractivity contribution in [3.63, 3.8) is 0 Å². The van der Waals surface area contributed by atoms with Gasteiger partial charge in [-0.05, 0) is 60.2 Å². The summed E-state index contributed by atoms with van der Waals surface area (Å²) in [6, 6.07) is 22.4. The molecule has 0 atom stereocenters.